The first-order valence-corrected chi connectivity index (χ1v) is 6.63. The highest BCUT2D eigenvalue weighted by molar-refractivity contribution is 6.33. The normalized spacial score (nSPS) is 25.5. The minimum Gasteiger partial charge on any atom is -0.371 e. The smallest absolute Gasteiger partial charge is 0.274 e. The molecule has 2 atom stereocenters. The van der Waals surface area contributed by atoms with Gasteiger partial charge in [0, 0.05) is 13.1 Å². The highest BCUT2D eigenvalue weighted by atomic mass is 35.5. The van der Waals surface area contributed by atoms with E-state index in [0.29, 0.717) is 23.9 Å². The van der Waals surface area contributed by atoms with E-state index in [1.807, 2.05) is 0 Å². The van der Waals surface area contributed by atoms with Crippen LogP contribution in [0.5, 0.6) is 0 Å². The molecule has 1 aromatic heterocycles. The molecule has 7 heteroatoms. The lowest BCUT2D eigenvalue weighted by atomic mass is 10.2. The molecule has 102 valence electrons. The van der Waals surface area contributed by atoms with Crippen LogP contribution in [0.25, 0.3) is 0 Å². The van der Waals surface area contributed by atoms with Crippen molar-refractivity contribution in [3.63, 3.8) is 0 Å². The summed E-state index contributed by atoms with van der Waals surface area (Å²) < 4.78 is 5.71. The first-order valence-electron chi connectivity index (χ1n) is 6.25. The number of hydrogen-bond donors (Lipinski definition) is 2. The molecule has 19 heavy (non-hydrogen) atoms. The van der Waals surface area contributed by atoms with Gasteiger partial charge in [-0.15, -0.1) is 0 Å². The molecular formula is C12H15ClN4O2. The number of nitrogens with zero attached hydrogens (tertiary/aromatic N) is 2. The predicted molar refractivity (Wildman–Crippen MR) is 70.9 cm³/mol. The summed E-state index contributed by atoms with van der Waals surface area (Å²) in [6.45, 7) is 1.21. The number of hydrogen-bond acceptors (Lipinski definition) is 5. The van der Waals surface area contributed by atoms with Crippen LogP contribution in [0, 0.1) is 0 Å². The van der Waals surface area contributed by atoms with Crippen molar-refractivity contribution in [3.8, 4) is 0 Å². The number of nitrogens with two attached hydrogens (primary N) is 1. The Kier molecular flexibility index (Phi) is 3.30. The third-order valence-corrected chi connectivity index (χ3v) is 3.83. The van der Waals surface area contributed by atoms with Gasteiger partial charge in [0.25, 0.3) is 5.91 Å². The van der Waals surface area contributed by atoms with Crippen LogP contribution in [0.3, 0.4) is 0 Å². The summed E-state index contributed by atoms with van der Waals surface area (Å²) in [6.07, 6.45) is 2.33. The van der Waals surface area contributed by atoms with Crippen LogP contribution in [0.15, 0.2) is 12.1 Å². The summed E-state index contributed by atoms with van der Waals surface area (Å²) in [5.74, 6) is 5.56. The molecule has 2 saturated heterocycles. The van der Waals surface area contributed by atoms with Crippen LogP contribution < -0.4 is 11.3 Å². The van der Waals surface area contributed by atoms with Crippen molar-refractivity contribution in [2.75, 3.05) is 18.5 Å². The standard InChI is InChI=1S/C12H15ClN4O2/c13-9-3-4-10(16-14)15-11(9)12(18)17-5-7-1-2-8(6-17)19-7/h3-4,7-8H,1-2,5-6,14H2,(H,15,16). The van der Waals surface area contributed by atoms with Gasteiger partial charge < -0.3 is 15.1 Å². The van der Waals surface area contributed by atoms with E-state index in [-0.39, 0.29) is 23.8 Å². The van der Waals surface area contributed by atoms with Gasteiger partial charge in [-0.3, -0.25) is 4.79 Å². The van der Waals surface area contributed by atoms with Crippen LogP contribution in [0.1, 0.15) is 23.3 Å². The van der Waals surface area contributed by atoms with E-state index in [9.17, 15) is 4.79 Å². The van der Waals surface area contributed by atoms with Crippen LogP contribution in [-0.4, -0.2) is 41.1 Å². The second-order valence-corrected chi connectivity index (χ2v) is 5.25. The highest BCUT2D eigenvalue weighted by Gasteiger charge is 2.36. The van der Waals surface area contributed by atoms with Crippen LogP contribution in [0.4, 0.5) is 5.82 Å². The lowest BCUT2D eigenvalue weighted by Crippen LogP contribution is -2.46. The molecule has 0 aliphatic carbocycles. The number of hydrazine groups is 1. The SMILES string of the molecule is NNc1ccc(Cl)c(C(=O)N2CC3CCC(C2)O3)n1. The van der Waals surface area contributed by atoms with Crippen molar-refractivity contribution in [1.82, 2.24) is 9.88 Å². The van der Waals surface area contributed by atoms with E-state index in [2.05, 4.69) is 10.4 Å². The molecule has 1 amide bonds. The van der Waals surface area contributed by atoms with Gasteiger partial charge in [-0.2, -0.15) is 0 Å². The number of carbonyl (C=O) groups excluding carboxylic acids is 1. The van der Waals surface area contributed by atoms with Crippen molar-refractivity contribution in [2.24, 2.45) is 5.84 Å². The fraction of sp³-hybridized carbons (Fsp3) is 0.500. The summed E-state index contributed by atoms with van der Waals surface area (Å²) in [7, 11) is 0. The molecule has 0 saturated carbocycles. The Balaban J connectivity index is 1.83. The number of ether oxygens (including phenoxy) is 1. The van der Waals surface area contributed by atoms with Crippen LogP contribution in [-0.2, 0) is 4.74 Å². The number of likely N-dealkylation sites (tertiary alicyclic amines) is 1. The van der Waals surface area contributed by atoms with Crippen molar-refractivity contribution in [1.29, 1.82) is 0 Å². The highest BCUT2D eigenvalue weighted by Crippen LogP contribution is 2.28. The fourth-order valence-corrected chi connectivity index (χ4v) is 2.79. The molecule has 2 aliphatic heterocycles. The number of aromatic nitrogens is 1. The maximum atomic E-state index is 12.5. The lowest BCUT2D eigenvalue weighted by Gasteiger charge is -2.32. The van der Waals surface area contributed by atoms with E-state index in [0.717, 1.165) is 12.8 Å². The Labute approximate surface area is 115 Å². The zero-order chi connectivity index (χ0) is 13.4. The molecule has 2 fully saturated rings. The van der Waals surface area contributed by atoms with Crippen molar-refractivity contribution < 1.29 is 9.53 Å². The van der Waals surface area contributed by atoms with E-state index < -0.39 is 0 Å². The molecule has 2 aliphatic rings. The van der Waals surface area contributed by atoms with E-state index >= 15 is 0 Å². The number of anilines is 1. The van der Waals surface area contributed by atoms with Gasteiger partial charge in [0.1, 0.15) is 11.5 Å². The monoisotopic (exact) mass is 282 g/mol. The summed E-state index contributed by atoms with van der Waals surface area (Å²) in [4.78, 5) is 18.4. The fourth-order valence-electron chi connectivity index (χ4n) is 2.60. The lowest BCUT2D eigenvalue weighted by molar-refractivity contribution is -0.0305. The summed E-state index contributed by atoms with van der Waals surface area (Å²) >= 11 is 6.05. The first kappa shape index (κ1) is 12.7. The van der Waals surface area contributed by atoms with Crippen molar-refractivity contribution in [3.05, 3.63) is 22.8 Å². The van der Waals surface area contributed by atoms with Gasteiger partial charge in [0.15, 0.2) is 0 Å². The largest absolute Gasteiger partial charge is 0.371 e. The minimum absolute atomic E-state index is 0.150. The molecule has 0 aromatic carbocycles. The first-order chi connectivity index (χ1) is 9.17. The zero-order valence-corrected chi connectivity index (χ0v) is 11.1. The Morgan fingerprint density at radius 2 is 2.11 bits per heavy atom. The number of nitrogens with one attached hydrogen (secondary N) is 1. The Morgan fingerprint density at radius 3 is 2.74 bits per heavy atom. The van der Waals surface area contributed by atoms with Crippen molar-refractivity contribution >= 4 is 23.3 Å². The topological polar surface area (TPSA) is 80.5 Å². The van der Waals surface area contributed by atoms with Crippen LogP contribution >= 0.6 is 11.6 Å². The van der Waals surface area contributed by atoms with Crippen molar-refractivity contribution in [2.45, 2.75) is 25.0 Å². The number of fused-ring (bicyclic) bond motifs is 2. The number of rotatable bonds is 2. The second-order valence-electron chi connectivity index (χ2n) is 4.84. The van der Waals surface area contributed by atoms with Gasteiger partial charge in [0.05, 0.1) is 17.2 Å². The Morgan fingerprint density at radius 1 is 1.42 bits per heavy atom. The van der Waals surface area contributed by atoms with Gasteiger partial charge in [-0.05, 0) is 25.0 Å². The minimum atomic E-state index is -0.165. The maximum Gasteiger partial charge on any atom is 0.274 e. The number of amides is 1. The third kappa shape index (κ3) is 2.39. The molecule has 2 bridgehead atoms. The molecule has 1 aromatic rings. The summed E-state index contributed by atoms with van der Waals surface area (Å²) in [5, 5.41) is 0.336. The van der Waals surface area contributed by atoms with Gasteiger partial charge in [-0.25, -0.2) is 10.8 Å². The van der Waals surface area contributed by atoms with Crippen LogP contribution in [0.2, 0.25) is 5.02 Å². The van der Waals surface area contributed by atoms with E-state index in [1.165, 1.54) is 0 Å². The number of pyridine rings is 1. The van der Waals surface area contributed by atoms with E-state index in [1.54, 1.807) is 17.0 Å². The third-order valence-electron chi connectivity index (χ3n) is 3.53. The van der Waals surface area contributed by atoms with Gasteiger partial charge >= 0.3 is 0 Å². The molecule has 0 spiro atoms. The Bertz CT molecular complexity index is 499. The molecular weight excluding hydrogens is 268 g/mol. The molecule has 3 heterocycles. The van der Waals surface area contributed by atoms with E-state index in [4.69, 9.17) is 22.2 Å². The zero-order valence-electron chi connectivity index (χ0n) is 10.3. The molecule has 6 nitrogen and oxygen atoms in total. The van der Waals surface area contributed by atoms with Gasteiger partial charge in [0.2, 0.25) is 0 Å². The second kappa shape index (κ2) is 4.96. The quantitative estimate of drug-likeness (QED) is 0.625. The Hall–Kier alpha value is -1.37. The summed E-state index contributed by atoms with van der Waals surface area (Å²) in [6, 6.07) is 3.24. The number of nitrogen functional groups attached to an aromatic ring is 1. The number of morpholine rings is 1. The average Bonchev–Trinajstić information content (AvgIpc) is 2.77. The number of carbonyl (C=O) groups is 1. The number of halogens is 1. The molecule has 0 radical (unpaired) electrons. The molecule has 2 unspecified atom stereocenters. The van der Waals surface area contributed by atoms with Gasteiger partial charge in [-0.1, -0.05) is 11.6 Å². The summed E-state index contributed by atoms with van der Waals surface area (Å²) in [5.41, 5.74) is 2.65. The molecule has 3 N–H and O–H groups in total. The predicted octanol–water partition coefficient (Wildman–Crippen LogP) is 1.02. The molecule has 3 rings (SSSR count). The average molecular weight is 283 g/mol. The maximum absolute atomic E-state index is 12.5.